The SMILES string of the molecule is CN1N=C2CCNCC2(c2ccccc2)C1=O. The number of hydrazone groups is 1. The van der Waals surface area contributed by atoms with Crippen molar-refractivity contribution in [3.05, 3.63) is 35.9 Å². The van der Waals surface area contributed by atoms with Gasteiger partial charge in [-0.1, -0.05) is 30.3 Å². The first kappa shape index (κ1) is 10.5. The third-order valence-electron chi connectivity index (χ3n) is 3.62. The minimum absolute atomic E-state index is 0.0749. The molecule has 3 rings (SSSR count). The molecular weight excluding hydrogens is 214 g/mol. The second-order valence-electron chi connectivity index (χ2n) is 4.57. The van der Waals surface area contributed by atoms with E-state index in [1.807, 2.05) is 30.3 Å². The van der Waals surface area contributed by atoms with Crippen molar-refractivity contribution in [3.63, 3.8) is 0 Å². The minimum atomic E-state index is -0.561. The molecule has 1 fully saturated rings. The normalized spacial score (nSPS) is 27.9. The number of hydrogen-bond donors (Lipinski definition) is 1. The van der Waals surface area contributed by atoms with Gasteiger partial charge in [-0.15, -0.1) is 0 Å². The molecule has 1 aromatic carbocycles. The third kappa shape index (κ3) is 1.34. The van der Waals surface area contributed by atoms with E-state index >= 15 is 0 Å². The Hall–Kier alpha value is -1.68. The third-order valence-corrected chi connectivity index (χ3v) is 3.62. The molecule has 88 valence electrons. The van der Waals surface area contributed by atoms with Crippen molar-refractivity contribution in [1.82, 2.24) is 10.3 Å². The topological polar surface area (TPSA) is 44.7 Å². The molecule has 4 nitrogen and oxygen atoms in total. The highest BCUT2D eigenvalue weighted by atomic mass is 16.2. The van der Waals surface area contributed by atoms with Crippen LogP contribution < -0.4 is 5.32 Å². The van der Waals surface area contributed by atoms with Gasteiger partial charge < -0.3 is 5.32 Å². The molecule has 4 heteroatoms. The van der Waals surface area contributed by atoms with Crippen molar-refractivity contribution < 1.29 is 4.79 Å². The number of carbonyl (C=O) groups is 1. The number of piperidine rings is 1. The number of hydrogen-bond acceptors (Lipinski definition) is 3. The van der Waals surface area contributed by atoms with E-state index in [4.69, 9.17) is 0 Å². The molecule has 1 amide bonds. The minimum Gasteiger partial charge on any atom is -0.315 e. The van der Waals surface area contributed by atoms with Gasteiger partial charge >= 0.3 is 0 Å². The lowest BCUT2D eigenvalue weighted by atomic mass is 9.73. The molecule has 17 heavy (non-hydrogen) atoms. The van der Waals surface area contributed by atoms with Crippen LogP contribution in [0.2, 0.25) is 0 Å². The first-order chi connectivity index (χ1) is 8.25. The van der Waals surface area contributed by atoms with Gasteiger partial charge in [-0.2, -0.15) is 5.10 Å². The molecule has 0 radical (unpaired) electrons. The van der Waals surface area contributed by atoms with Crippen LogP contribution in [0.15, 0.2) is 35.4 Å². The Kier molecular flexibility index (Phi) is 2.26. The first-order valence-corrected chi connectivity index (χ1v) is 5.87. The highest BCUT2D eigenvalue weighted by Crippen LogP contribution is 2.35. The van der Waals surface area contributed by atoms with Crippen LogP contribution in [0.4, 0.5) is 0 Å². The monoisotopic (exact) mass is 229 g/mol. The molecule has 1 aromatic rings. The number of benzene rings is 1. The van der Waals surface area contributed by atoms with E-state index < -0.39 is 5.41 Å². The van der Waals surface area contributed by atoms with E-state index in [2.05, 4.69) is 10.4 Å². The highest BCUT2D eigenvalue weighted by Gasteiger charge is 2.51. The number of nitrogens with zero attached hydrogens (tertiary/aromatic N) is 2. The largest absolute Gasteiger partial charge is 0.315 e. The van der Waals surface area contributed by atoms with E-state index in [1.54, 1.807) is 7.05 Å². The summed E-state index contributed by atoms with van der Waals surface area (Å²) >= 11 is 0. The van der Waals surface area contributed by atoms with E-state index in [0.29, 0.717) is 6.54 Å². The summed E-state index contributed by atoms with van der Waals surface area (Å²) in [7, 11) is 1.73. The molecule has 2 aliphatic heterocycles. The summed E-state index contributed by atoms with van der Waals surface area (Å²) in [4.78, 5) is 12.4. The van der Waals surface area contributed by atoms with Crippen LogP contribution in [0.1, 0.15) is 12.0 Å². The van der Waals surface area contributed by atoms with Gasteiger partial charge in [0.1, 0.15) is 5.41 Å². The molecule has 1 N–H and O–H groups in total. The molecule has 2 aliphatic rings. The molecule has 1 unspecified atom stereocenters. The summed E-state index contributed by atoms with van der Waals surface area (Å²) < 4.78 is 0. The average Bonchev–Trinajstić information content (AvgIpc) is 2.64. The fourth-order valence-electron chi connectivity index (χ4n) is 2.75. The Bertz CT molecular complexity index is 483. The van der Waals surface area contributed by atoms with E-state index in [0.717, 1.165) is 24.2 Å². The summed E-state index contributed by atoms with van der Waals surface area (Å²) in [5, 5.41) is 9.20. The Morgan fingerprint density at radius 3 is 2.88 bits per heavy atom. The zero-order valence-electron chi connectivity index (χ0n) is 9.81. The fourth-order valence-corrected chi connectivity index (χ4v) is 2.75. The number of amides is 1. The van der Waals surface area contributed by atoms with Gasteiger partial charge in [-0.3, -0.25) is 4.79 Å². The Labute approximate surface area is 100 Å². The second kappa shape index (κ2) is 3.67. The number of fused-ring (bicyclic) bond motifs is 1. The molecule has 1 atom stereocenters. The number of rotatable bonds is 1. The van der Waals surface area contributed by atoms with Gasteiger partial charge in [0, 0.05) is 26.6 Å². The second-order valence-corrected chi connectivity index (χ2v) is 4.57. The molecule has 2 heterocycles. The van der Waals surface area contributed by atoms with Gasteiger partial charge in [0.25, 0.3) is 5.91 Å². The van der Waals surface area contributed by atoms with Crippen LogP contribution in [-0.2, 0) is 10.2 Å². The molecule has 0 bridgehead atoms. The fraction of sp³-hybridized carbons (Fsp3) is 0.385. The van der Waals surface area contributed by atoms with Crippen molar-refractivity contribution >= 4 is 11.6 Å². The van der Waals surface area contributed by atoms with Crippen LogP contribution >= 0.6 is 0 Å². The predicted molar refractivity (Wildman–Crippen MR) is 65.8 cm³/mol. The Morgan fingerprint density at radius 1 is 1.35 bits per heavy atom. The lowest BCUT2D eigenvalue weighted by Crippen LogP contribution is -2.54. The molecule has 1 saturated heterocycles. The van der Waals surface area contributed by atoms with Gasteiger partial charge in [-0.25, -0.2) is 5.01 Å². The standard InChI is InChI=1S/C13H15N3O/c1-16-12(17)13(10-5-3-2-4-6-10)9-14-8-7-11(13)15-16/h2-6,14H,7-9H2,1H3. The lowest BCUT2D eigenvalue weighted by Gasteiger charge is -2.33. The van der Waals surface area contributed by atoms with Gasteiger partial charge in [0.05, 0.1) is 5.71 Å². The summed E-state index contributed by atoms with van der Waals surface area (Å²) in [6.07, 6.45) is 0.838. The summed E-state index contributed by atoms with van der Waals surface area (Å²) in [5.41, 5.74) is 1.48. The number of nitrogens with one attached hydrogen (secondary N) is 1. The molecule has 0 aliphatic carbocycles. The van der Waals surface area contributed by atoms with Crippen LogP contribution in [0.25, 0.3) is 0 Å². The zero-order chi connectivity index (χ0) is 11.9. The maximum atomic E-state index is 12.4. The van der Waals surface area contributed by atoms with Crippen LogP contribution in [-0.4, -0.2) is 36.8 Å². The molecule has 0 spiro atoms. The summed E-state index contributed by atoms with van der Waals surface area (Å²) in [5.74, 6) is 0.0749. The predicted octanol–water partition coefficient (Wildman–Crippen LogP) is 0.746. The highest BCUT2D eigenvalue weighted by molar-refractivity contribution is 6.18. The zero-order valence-corrected chi connectivity index (χ0v) is 9.81. The quantitative estimate of drug-likeness (QED) is 0.772. The Morgan fingerprint density at radius 2 is 2.12 bits per heavy atom. The van der Waals surface area contributed by atoms with Gasteiger partial charge in [0.2, 0.25) is 0 Å². The molecular formula is C13H15N3O. The molecule has 0 saturated carbocycles. The van der Waals surface area contributed by atoms with Gasteiger partial charge in [-0.05, 0) is 5.56 Å². The van der Waals surface area contributed by atoms with E-state index in [9.17, 15) is 4.79 Å². The number of likely N-dealkylation sites (N-methyl/N-ethyl adjacent to an activating group) is 1. The van der Waals surface area contributed by atoms with Crippen molar-refractivity contribution in [2.75, 3.05) is 20.1 Å². The number of carbonyl (C=O) groups excluding carboxylic acids is 1. The van der Waals surface area contributed by atoms with Crippen molar-refractivity contribution in [2.45, 2.75) is 11.8 Å². The lowest BCUT2D eigenvalue weighted by molar-refractivity contribution is -0.131. The molecule has 0 aromatic heterocycles. The maximum Gasteiger partial charge on any atom is 0.260 e. The van der Waals surface area contributed by atoms with Gasteiger partial charge in [0.15, 0.2) is 0 Å². The maximum absolute atomic E-state index is 12.4. The summed E-state index contributed by atoms with van der Waals surface area (Å²) in [6, 6.07) is 9.94. The van der Waals surface area contributed by atoms with E-state index in [1.165, 1.54) is 5.01 Å². The van der Waals surface area contributed by atoms with Crippen LogP contribution in [0.3, 0.4) is 0 Å². The average molecular weight is 229 g/mol. The first-order valence-electron chi connectivity index (χ1n) is 5.87. The van der Waals surface area contributed by atoms with Crippen molar-refractivity contribution in [1.29, 1.82) is 0 Å². The van der Waals surface area contributed by atoms with E-state index in [-0.39, 0.29) is 5.91 Å². The Balaban J connectivity index is 2.15. The summed E-state index contributed by atoms with van der Waals surface area (Å²) in [6.45, 7) is 1.55. The smallest absolute Gasteiger partial charge is 0.260 e. The van der Waals surface area contributed by atoms with Crippen molar-refractivity contribution in [3.8, 4) is 0 Å². The van der Waals surface area contributed by atoms with Crippen LogP contribution in [0.5, 0.6) is 0 Å². The van der Waals surface area contributed by atoms with Crippen molar-refractivity contribution in [2.24, 2.45) is 5.10 Å². The van der Waals surface area contributed by atoms with Crippen LogP contribution in [0, 0.1) is 0 Å².